The van der Waals surface area contributed by atoms with Crippen LogP contribution in [0.4, 0.5) is 0 Å². The van der Waals surface area contributed by atoms with E-state index in [0.29, 0.717) is 5.69 Å². The first kappa shape index (κ1) is 14.7. The molecule has 23 heavy (non-hydrogen) atoms. The fraction of sp³-hybridized carbons (Fsp3) is 0.125. The Hall–Kier alpha value is -3.22. The van der Waals surface area contributed by atoms with Crippen molar-refractivity contribution in [3.63, 3.8) is 0 Å². The smallest absolute Gasteiger partial charge is 0.272 e. The number of nitrogens with zero attached hydrogens (tertiary/aromatic N) is 4. The molecule has 0 saturated heterocycles. The Morgan fingerprint density at radius 2 is 1.87 bits per heavy atom. The first-order valence-electron chi connectivity index (χ1n) is 6.94. The lowest BCUT2D eigenvalue weighted by Gasteiger charge is -2.12. The zero-order valence-electron chi connectivity index (χ0n) is 12.7. The molecule has 0 aliphatic rings. The summed E-state index contributed by atoms with van der Waals surface area (Å²) in [5, 5.41) is 0. The van der Waals surface area contributed by atoms with Crippen LogP contribution in [-0.2, 0) is 0 Å². The van der Waals surface area contributed by atoms with E-state index in [2.05, 4.69) is 9.97 Å². The Morgan fingerprint density at radius 3 is 2.48 bits per heavy atom. The van der Waals surface area contributed by atoms with Crippen LogP contribution < -0.4 is 5.73 Å². The number of carbonyl (C=O) groups is 2. The number of hydrogen-bond acceptors (Lipinski definition) is 4. The second-order valence-corrected chi connectivity index (χ2v) is 5.24. The molecule has 2 aromatic heterocycles. The zero-order chi connectivity index (χ0) is 16.6. The number of amides is 2. The predicted octanol–water partition coefficient (Wildman–Crippen LogP) is 1.20. The number of hydrogen-bond donors (Lipinski definition) is 1. The molecule has 3 aromatic rings. The monoisotopic (exact) mass is 309 g/mol. The van der Waals surface area contributed by atoms with Crippen LogP contribution in [0, 0.1) is 0 Å². The fourth-order valence-corrected chi connectivity index (χ4v) is 2.31. The van der Waals surface area contributed by atoms with Crippen molar-refractivity contribution in [3.05, 3.63) is 54.1 Å². The van der Waals surface area contributed by atoms with Gasteiger partial charge in [-0.1, -0.05) is 30.3 Å². The lowest BCUT2D eigenvalue weighted by atomic mass is 10.1. The molecule has 0 aliphatic heterocycles. The Kier molecular flexibility index (Phi) is 3.53. The third-order valence-electron chi connectivity index (χ3n) is 3.43. The van der Waals surface area contributed by atoms with Gasteiger partial charge < -0.3 is 10.6 Å². The van der Waals surface area contributed by atoms with Crippen molar-refractivity contribution >= 4 is 17.5 Å². The highest BCUT2D eigenvalue weighted by atomic mass is 16.2. The van der Waals surface area contributed by atoms with Crippen molar-refractivity contribution in [2.45, 2.75) is 0 Å². The minimum atomic E-state index is -0.687. The van der Waals surface area contributed by atoms with Gasteiger partial charge in [0.25, 0.3) is 11.8 Å². The van der Waals surface area contributed by atoms with E-state index in [1.807, 2.05) is 30.3 Å². The Balaban J connectivity index is 2.33. The summed E-state index contributed by atoms with van der Waals surface area (Å²) in [6.07, 6.45) is 1.48. The molecule has 0 saturated carbocycles. The minimum Gasteiger partial charge on any atom is -0.364 e. The predicted molar refractivity (Wildman–Crippen MR) is 85.0 cm³/mol. The molecule has 3 rings (SSSR count). The number of benzene rings is 1. The van der Waals surface area contributed by atoms with Crippen LogP contribution in [0.2, 0.25) is 0 Å². The van der Waals surface area contributed by atoms with Gasteiger partial charge in [0.15, 0.2) is 11.3 Å². The molecule has 0 fully saturated rings. The number of imidazole rings is 1. The van der Waals surface area contributed by atoms with Gasteiger partial charge in [0.2, 0.25) is 0 Å². The van der Waals surface area contributed by atoms with E-state index < -0.39 is 5.91 Å². The number of primary amides is 1. The summed E-state index contributed by atoms with van der Waals surface area (Å²) in [5.41, 5.74) is 7.47. The van der Waals surface area contributed by atoms with Crippen molar-refractivity contribution in [1.29, 1.82) is 0 Å². The summed E-state index contributed by atoms with van der Waals surface area (Å²) in [6.45, 7) is 0. The molecule has 2 amide bonds. The molecule has 1 aromatic carbocycles. The summed E-state index contributed by atoms with van der Waals surface area (Å²) < 4.78 is 1.65. The summed E-state index contributed by atoms with van der Waals surface area (Å²) in [4.78, 5) is 33.6. The van der Waals surface area contributed by atoms with Crippen molar-refractivity contribution < 1.29 is 9.59 Å². The van der Waals surface area contributed by atoms with Crippen molar-refractivity contribution in [2.75, 3.05) is 14.1 Å². The van der Waals surface area contributed by atoms with E-state index in [9.17, 15) is 9.59 Å². The minimum absolute atomic E-state index is 0.0376. The van der Waals surface area contributed by atoms with Crippen LogP contribution in [0.1, 0.15) is 21.0 Å². The van der Waals surface area contributed by atoms with Crippen LogP contribution in [0.15, 0.2) is 42.7 Å². The summed E-state index contributed by atoms with van der Waals surface area (Å²) in [6, 6.07) is 11.2. The van der Waals surface area contributed by atoms with Crippen molar-refractivity contribution in [1.82, 2.24) is 19.3 Å². The van der Waals surface area contributed by atoms with Crippen LogP contribution in [0.25, 0.3) is 16.9 Å². The molecule has 7 heteroatoms. The fourth-order valence-electron chi connectivity index (χ4n) is 2.31. The Bertz CT molecular complexity index is 899. The normalized spacial score (nSPS) is 10.7. The van der Waals surface area contributed by atoms with Gasteiger partial charge in [-0.2, -0.15) is 0 Å². The maximum absolute atomic E-state index is 12.3. The molecule has 0 spiro atoms. The molecular formula is C16H15N5O2. The molecule has 116 valence electrons. The van der Waals surface area contributed by atoms with Crippen molar-refractivity contribution in [2.24, 2.45) is 5.73 Å². The quantitative estimate of drug-likeness (QED) is 0.786. The molecule has 0 radical (unpaired) electrons. The van der Waals surface area contributed by atoms with Gasteiger partial charge in [0, 0.05) is 14.1 Å². The number of rotatable bonds is 3. The first-order chi connectivity index (χ1) is 11.0. The summed E-state index contributed by atoms with van der Waals surface area (Å²) in [5.74, 6) is -0.949. The van der Waals surface area contributed by atoms with Gasteiger partial charge in [-0.3, -0.25) is 14.0 Å². The van der Waals surface area contributed by atoms with E-state index in [1.165, 1.54) is 11.2 Å². The SMILES string of the molecule is CN(C)C(=O)c1cc(-c2ccccc2)n2cnc(C(N)=O)c2n1. The number of aromatic nitrogens is 3. The number of nitrogens with two attached hydrogens (primary N) is 1. The second-order valence-electron chi connectivity index (χ2n) is 5.24. The maximum Gasteiger partial charge on any atom is 0.272 e. The third-order valence-corrected chi connectivity index (χ3v) is 3.43. The van der Waals surface area contributed by atoms with Crippen LogP contribution in [0.3, 0.4) is 0 Å². The standard InChI is InChI=1S/C16H15N5O2/c1-20(2)16(23)11-8-12(10-6-4-3-5-7-10)21-9-18-13(14(17)22)15(21)19-11/h3-9H,1-2H3,(H2,17,22). The van der Waals surface area contributed by atoms with E-state index >= 15 is 0 Å². The topological polar surface area (TPSA) is 93.6 Å². The molecule has 0 unspecified atom stereocenters. The van der Waals surface area contributed by atoms with E-state index in [4.69, 9.17) is 5.73 Å². The molecule has 7 nitrogen and oxygen atoms in total. The van der Waals surface area contributed by atoms with E-state index in [0.717, 1.165) is 5.56 Å². The first-order valence-corrected chi connectivity index (χ1v) is 6.94. The maximum atomic E-state index is 12.3. The summed E-state index contributed by atoms with van der Waals surface area (Å²) >= 11 is 0. The third kappa shape index (κ3) is 2.52. The molecule has 0 bridgehead atoms. The van der Waals surface area contributed by atoms with Crippen LogP contribution in [0.5, 0.6) is 0 Å². The van der Waals surface area contributed by atoms with Gasteiger partial charge in [0.05, 0.1) is 5.69 Å². The second kappa shape index (κ2) is 5.53. The van der Waals surface area contributed by atoms with Gasteiger partial charge in [-0.25, -0.2) is 9.97 Å². The Labute approximate surface area is 132 Å². The van der Waals surface area contributed by atoms with E-state index in [-0.39, 0.29) is 22.9 Å². The highest BCUT2D eigenvalue weighted by molar-refractivity contribution is 5.99. The number of carbonyl (C=O) groups excluding carboxylic acids is 2. The summed E-state index contributed by atoms with van der Waals surface area (Å²) in [7, 11) is 3.28. The van der Waals surface area contributed by atoms with Crippen LogP contribution in [-0.4, -0.2) is 45.2 Å². The molecule has 2 heterocycles. The van der Waals surface area contributed by atoms with Crippen LogP contribution >= 0.6 is 0 Å². The highest BCUT2D eigenvalue weighted by Gasteiger charge is 2.19. The largest absolute Gasteiger partial charge is 0.364 e. The van der Waals surface area contributed by atoms with E-state index in [1.54, 1.807) is 24.6 Å². The van der Waals surface area contributed by atoms with Crippen molar-refractivity contribution in [3.8, 4) is 11.3 Å². The van der Waals surface area contributed by atoms with Gasteiger partial charge in [-0.15, -0.1) is 0 Å². The average Bonchev–Trinajstić information content (AvgIpc) is 2.98. The number of fused-ring (bicyclic) bond motifs is 1. The molecular weight excluding hydrogens is 294 g/mol. The lowest BCUT2D eigenvalue weighted by molar-refractivity contribution is 0.0821. The lowest BCUT2D eigenvalue weighted by Crippen LogP contribution is -2.23. The molecule has 0 aliphatic carbocycles. The average molecular weight is 309 g/mol. The molecule has 0 atom stereocenters. The van der Waals surface area contributed by atoms with Gasteiger partial charge in [-0.05, 0) is 11.6 Å². The zero-order valence-corrected chi connectivity index (χ0v) is 12.7. The van der Waals surface area contributed by atoms with Gasteiger partial charge >= 0.3 is 0 Å². The van der Waals surface area contributed by atoms with Gasteiger partial charge in [0.1, 0.15) is 12.0 Å². The highest BCUT2D eigenvalue weighted by Crippen LogP contribution is 2.23. The molecule has 2 N–H and O–H groups in total. The Morgan fingerprint density at radius 1 is 1.17 bits per heavy atom.